The smallest absolute Gasteiger partial charge is 0.161 e. The van der Waals surface area contributed by atoms with Gasteiger partial charge in [0.15, 0.2) is 11.5 Å². The lowest BCUT2D eigenvalue weighted by atomic mass is 10.0. The van der Waals surface area contributed by atoms with E-state index in [9.17, 15) is 10.2 Å². The average Bonchev–Trinajstić information content (AvgIpc) is 2.23. The van der Waals surface area contributed by atoms with Gasteiger partial charge in [0, 0.05) is 16.7 Å². The van der Waals surface area contributed by atoms with Crippen LogP contribution in [0.25, 0.3) is 0 Å². The highest BCUT2D eigenvalue weighted by molar-refractivity contribution is 7.99. The summed E-state index contributed by atoms with van der Waals surface area (Å²) < 4.78 is 0. The van der Waals surface area contributed by atoms with Gasteiger partial charge in [0.1, 0.15) is 0 Å². The predicted molar refractivity (Wildman–Crippen MR) is 59.4 cm³/mol. The topological polar surface area (TPSA) is 40.5 Å². The number of fused-ring (bicyclic) bond motifs is 1. The number of aromatic hydroxyl groups is 2. The third-order valence-electron chi connectivity index (χ3n) is 2.46. The summed E-state index contributed by atoms with van der Waals surface area (Å²) in [6.07, 6.45) is 0.799. The highest BCUT2D eigenvalue weighted by atomic mass is 35.5. The molecule has 2 rings (SSSR count). The van der Waals surface area contributed by atoms with E-state index in [-0.39, 0.29) is 16.7 Å². The zero-order valence-electron chi connectivity index (χ0n) is 7.53. The summed E-state index contributed by atoms with van der Waals surface area (Å²) in [7, 11) is 0. The Labute approximate surface area is 91.9 Å². The van der Waals surface area contributed by atoms with Crippen LogP contribution in [0.2, 0.25) is 0 Å². The molecule has 0 radical (unpaired) electrons. The number of hydrogen-bond donors (Lipinski definition) is 2. The number of thioether (sulfide) groups is 1. The van der Waals surface area contributed by atoms with Crippen LogP contribution in [0, 0.1) is 0 Å². The van der Waals surface area contributed by atoms with Crippen molar-refractivity contribution in [1.82, 2.24) is 0 Å². The minimum absolute atomic E-state index is 0.0258. The molecule has 14 heavy (non-hydrogen) atoms. The highest BCUT2D eigenvalue weighted by Crippen LogP contribution is 2.43. The number of rotatable bonds is 1. The van der Waals surface area contributed by atoms with E-state index in [0.29, 0.717) is 5.88 Å². The molecular formula is C10H11ClO2S. The van der Waals surface area contributed by atoms with Crippen LogP contribution < -0.4 is 0 Å². The normalized spacial score (nSPS) is 20.5. The maximum Gasteiger partial charge on any atom is 0.161 e. The number of alkyl halides is 1. The molecule has 4 heteroatoms. The number of halogens is 1. The Morgan fingerprint density at radius 3 is 2.93 bits per heavy atom. The summed E-state index contributed by atoms with van der Waals surface area (Å²) in [5.74, 6) is 1.48. The molecular weight excluding hydrogens is 220 g/mol. The molecule has 2 nitrogen and oxygen atoms in total. The summed E-state index contributed by atoms with van der Waals surface area (Å²) in [5.41, 5.74) is 1.92. The first-order valence-corrected chi connectivity index (χ1v) is 6.03. The molecule has 0 amide bonds. The van der Waals surface area contributed by atoms with Gasteiger partial charge in [0.05, 0.1) is 0 Å². The van der Waals surface area contributed by atoms with Gasteiger partial charge in [-0.15, -0.1) is 11.6 Å². The van der Waals surface area contributed by atoms with Gasteiger partial charge in [0.25, 0.3) is 0 Å². The Morgan fingerprint density at radius 2 is 2.21 bits per heavy atom. The predicted octanol–water partition coefficient (Wildman–Crippen LogP) is 2.67. The zero-order valence-corrected chi connectivity index (χ0v) is 9.11. The lowest BCUT2D eigenvalue weighted by molar-refractivity contribution is 0.399. The number of phenols is 2. The Morgan fingerprint density at radius 1 is 1.43 bits per heavy atom. The fraction of sp³-hybridized carbons (Fsp3) is 0.400. The highest BCUT2D eigenvalue weighted by Gasteiger charge is 2.23. The van der Waals surface area contributed by atoms with E-state index in [1.807, 2.05) is 6.07 Å². The molecule has 1 aromatic rings. The van der Waals surface area contributed by atoms with Gasteiger partial charge >= 0.3 is 0 Å². The third-order valence-corrected chi connectivity index (χ3v) is 4.21. The Kier molecular flexibility index (Phi) is 2.79. The number of hydrogen-bond acceptors (Lipinski definition) is 3. The minimum atomic E-state index is -0.0380. The van der Waals surface area contributed by atoms with Gasteiger partial charge in [-0.2, -0.15) is 11.8 Å². The van der Waals surface area contributed by atoms with E-state index in [2.05, 4.69) is 0 Å². The van der Waals surface area contributed by atoms with Crippen LogP contribution in [0.1, 0.15) is 16.4 Å². The molecule has 1 heterocycles. The van der Waals surface area contributed by atoms with Gasteiger partial charge < -0.3 is 10.2 Å². The van der Waals surface area contributed by atoms with Crippen molar-refractivity contribution < 1.29 is 10.2 Å². The first kappa shape index (κ1) is 9.99. The van der Waals surface area contributed by atoms with Crippen molar-refractivity contribution in [2.24, 2.45) is 0 Å². The summed E-state index contributed by atoms with van der Waals surface area (Å²) in [6.45, 7) is 0. The lowest BCUT2D eigenvalue weighted by Gasteiger charge is -2.24. The fourth-order valence-corrected chi connectivity index (χ4v) is 3.25. The van der Waals surface area contributed by atoms with Crippen molar-refractivity contribution >= 4 is 23.4 Å². The van der Waals surface area contributed by atoms with Gasteiger partial charge in [-0.3, -0.25) is 0 Å². The van der Waals surface area contributed by atoms with E-state index < -0.39 is 0 Å². The molecule has 0 saturated carbocycles. The molecule has 1 unspecified atom stereocenters. The molecule has 2 N–H and O–H groups in total. The Balaban J connectivity index is 2.50. The summed E-state index contributed by atoms with van der Waals surface area (Å²) in [4.78, 5) is 0. The summed E-state index contributed by atoms with van der Waals surface area (Å²) in [6, 6.07) is 3.38. The Bertz CT molecular complexity index is 354. The first-order valence-electron chi connectivity index (χ1n) is 4.45. The summed E-state index contributed by atoms with van der Waals surface area (Å²) >= 11 is 7.63. The maximum absolute atomic E-state index is 9.65. The van der Waals surface area contributed by atoms with Crippen LogP contribution in [-0.2, 0) is 6.42 Å². The second-order valence-electron chi connectivity index (χ2n) is 3.26. The van der Waals surface area contributed by atoms with Crippen LogP contribution in [0.15, 0.2) is 12.1 Å². The van der Waals surface area contributed by atoms with Crippen LogP contribution in [0.3, 0.4) is 0 Å². The molecule has 0 spiro atoms. The minimum Gasteiger partial charge on any atom is -0.504 e. The van der Waals surface area contributed by atoms with Gasteiger partial charge in [0.2, 0.25) is 0 Å². The van der Waals surface area contributed by atoms with Gasteiger partial charge in [-0.25, -0.2) is 0 Å². The van der Waals surface area contributed by atoms with E-state index in [0.717, 1.165) is 23.3 Å². The summed E-state index contributed by atoms with van der Waals surface area (Å²) in [5, 5.41) is 19.2. The second-order valence-corrected chi connectivity index (χ2v) is 4.88. The third kappa shape index (κ3) is 1.55. The molecule has 1 atom stereocenters. The quantitative estimate of drug-likeness (QED) is 0.576. The number of benzene rings is 1. The van der Waals surface area contributed by atoms with E-state index in [1.165, 1.54) is 6.07 Å². The molecule has 1 aliphatic rings. The molecule has 1 aliphatic heterocycles. The maximum atomic E-state index is 9.65. The van der Waals surface area contributed by atoms with Crippen molar-refractivity contribution in [3.63, 3.8) is 0 Å². The largest absolute Gasteiger partial charge is 0.504 e. The van der Waals surface area contributed by atoms with Crippen molar-refractivity contribution in [2.75, 3.05) is 11.6 Å². The molecule has 0 bridgehead atoms. The van der Waals surface area contributed by atoms with E-state index in [4.69, 9.17) is 11.6 Å². The van der Waals surface area contributed by atoms with Crippen molar-refractivity contribution in [3.8, 4) is 11.5 Å². The Hall–Kier alpha value is -0.540. The zero-order chi connectivity index (χ0) is 10.1. The first-order chi connectivity index (χ1) is 6.74. The van der Waals surface area contributed by atoms with Crippen LogP contribution in [0.4, 0.5) is 0 Å². The molecule has 76 valence electrons. The fourth-order valence-electron chi connectivity index (χ4n) is 1.72. The molecule has 0 aliphatic carbocycles. The average molecular weight is 231 g/mol. The SMILES string of the molecule is Oc1ccc2c(c1O)CCSC2CCl. The molecule has 0 aromatic heterocycles. The van der Waals surface area contributed by atoms with Crippen LogP contribution in [-0.4, -0.2) is 21.8 Å². The van der Waals surface area contributed by atoms with Crippen LogP contribution in [0.5, 0.6) is 11.5 Å². The number of phenolic OH excluding ortho intramolecular Hbond substituents is 2. The van der Waals surface area contributed by atoms with Crippen molar-refractivity contribution in [2.45, 2.75) is 11.7 Å². The molecule has 0 saturated heterocycles. The standard InChI is InChI=1S/C10H11ClO2S/c11-5-9-6-1-2-8(12)10(13)7(6)3-4-14-9/h1-2,9,12-13H,3-5H2. The van der Waals surface area contributed by atoms with Gasteiger partial charge in [-0.1, -0.05) is 6.07 Å². The van der Waals surface area contributed by atoms with E-state index >= 15 is 0 Å². The van der Waals surface area contributed by atoms with Crippen molar-refractivity contribution in [1.29, 1.82) is 0 Å². The van der Waals surface area contributed by atoms with Gasteiger partial charge in [-0.05, 0) is 23.8 Å². The monoisotopic (exact) mass is 230 g/mol. The lowest BCUT2D eigenvalue weighted by Crippen LogP contribution is -2.09. The van der Waals surface area contributed by atoms with E-state index in [1.54, 1.807) is 11.8 Å². The van der Waals surface area contributed by atoms with Crippen molar-refractivity contribution in [3.05, 3.63) is 23.3 Å². The molecule has 0 fully saturated rings. The molecule has 1 aromatic carbocycles. The van der Waals surface area contributed by atoms with Crippen LogP contribution >= 0.6 is 23.4 Å². The second kappa shape index (κ2) is 3.91.